The van der Waals surface area contributed by atoms with Crippen molar-refractivity contribution in [2.24, 2.45) is 5.92 Å². The van der Waals surface area contributed by atoms with Crippen LogP contribution in [0.3, 0.4) is 0 Å². The van der Waals surface area contributed by atoms with Crippen LogP contribution in [0.25, 0.3) is 0 Å². The van der Waals surface area contributed by atoms with E-state index in [1.807, 2.05) is 19.1 Å². The van der Waals surface area contributed by atoms with Gasteiger partial charge in [0, 0.05) is 0 Å². The summed E-state index contributed by atoms with van der Waals surface area (Å²) in [6, 6.07) is 7.86. The molecule has 1 atom stereocenters. The van der Waals surface area contributed by atoms with Crippen LogP contribution in [0.2, 0.25) is 0 Å². The molecule has 1 aromatic carbocycles. The van der Waals surface area contributed by atoms with Gasteiger partial charge in [0.25, 0.3) is 0 Å². The first-order valence-corrected chi connectivity index (χ1v) is 9.80. The number of nitrogens with one attached hydrogen (secondary N) is 1. The number of rotatable bonds is 4. The van der Waals surface area contributed by atoms with Crippen LogP contribution in [-0.4, -0.2) is 45.4 Å². The molecule has 0 spiro atoms. The van der Waals surface area contributed by atoms with Crippen molar-refractivity contribution in [1.82, 2.24) is 4.31 Å². The summed E-state index contributed by atoms with van der Waals surface area (Å²) in [7, 11) is -3.39. The van der Waals surface area contributed by atoms with Gasteiger partial charge in [-0.05, 0) is 49.4 Å². The molecule has 6 heteroatoms. The van der Waals surface area contributed by atoms with Gasteiger partial charge in [0.15, 0.2) is 0 Å². The van der Waals surface area contributed by atoms with Crippen molar-refractivity contribution < 1.29 is 13.3 Å². The molecule has 1 aromatic rings. The Morgan fingerprint density at radius 3 is 2.65 bits per heavy atom. The molecule has 1 aliphatic carbocycles. The average Bonchev–Trinajstić information content (AvgIpc) is 3.02. The fourth-order valence-electron chi connectivity index (χ4n) is 3.58. The second kappa shape index (κ2) is 6.60. The number of sulfonamides is 1. The Morgan fingerprint density at radius 1 is 1.26 bits per heavy atom. The summed E-state index contributed by atoms with van der Waals surface area (Å²) in [4.78, 5) is 1.76. The third kappa shape index (κ3) is 3.42. The van der Waals surface area contributed by atoms with E-state index < -0.39 is 10.0 Å². The van der Waals surface area contributed by atoms with Crippen molar-refractivity contribution >= 4 is 10.0 Å². The number of aryl methyl sites for hydroxylation is 2. The molecule has 3 rings (SSSR count). The van der Waals surface area contributed by atoms with E-state index in [1.54, 1.807) is 10.4 Å². The zero-order valence-electron chi connectivity index (χ0n) is 13.6. The largest absolute Gasteiger partial charge is 0.332 e. The van der Waals surface area contributed by atoms with E-state index in [2.05, 4.69) is 6.07 Å². The number of nitriles is 1. The summed E-state index contributed by atoms with van der Waals surface area (Å²) in [6.07, 6.45) is 3.18. The molecule has 1 fully saturated rings. The summed E-state index contributed by atoms with van der Waals surface area (Å²) in [5, 5.41) is 8.90. The first kappa shape index (κ1) is 16.4. The van der Waals surface area contributed by atoms with Gasteiger partial charge >= 0.3 is 0 Å². The fourth-order valence-corrected chi connectivity index (χ4v) is 5.08. The molecule has 0 amide bonds. The number of piperazine rings is 1. The number of hydrogen-bond acceptors (Lipinski definition) is 3. The van der Waals surface area contributed by atoms with Crippen LogP contribution in [0.4, 0.5) is 0 Å². The lowest BCUT2D eigenvalue weighted by molar-refractivity contribution is -0.905. The van der Waals surface area contributed by atoms with Crippen LogP contribution < -0.4 is 4.90 Å². The lowest BCUT2D eigenvalue weighted by atomic mass is 10.1. The molecule has 1 aliphatic heterocycles. The zero-order valence-corrected chi connectivity index (χ0v) is 14.4. The quantitative estimate of drug-likeness (QED) is 0.857. The smallest absolute Gasteiger partial charge is 0.243 e. The minimum absolute atomic E-state index is 0.0184. The molecule has 1 N–H and O–H groups in total. The summed E-state index contributed by atoms with van der Waals surface area (Å²) in [6.45, 7) is 5.33. The van der Waals surface area contributed by atoms with Crippen LogP contribution in [-0.2, 0) is 22.9 Å². The Balaban J connectivity index is 1.69. The fraction of sp³-hybridized carbons (Fsp3) is 0.588. The monoisotopic (exact) mass is 334 g/mol. The van der Waals surface area contributed by atoms with Gasteiger partial charge < -0.3 is 4.90 Å². The predicted molar refractivity (Wildman–Crippen MR) is 87.6 cm³/mol. The minimum Gasteiger partial charge on any atom is -0.332 e. The highest BCUT2D eigenvalue weighted by Crippen LogP contribution is 2.26. The van der Waals surface area contributed by atoms with Crippen LogP contribution in [0.15, 0.2) is 23.1 Å². The highest BCUT2D eigenvalue weighted by molar-refractivity contribution is 7.89. The second-order valence-electron chi connectivity index (χ2n) is 6.67. The molecule has 2 aliphatic rings. The summed E-state index contributed by atoms with van der Waals surface area (Å²) in [5.74, 6) is 0.0184. The minimum atomic E-state index is -3.39. The van der Waals surface area contributed by atoms with Crippen molar-refractivity contribution in [2.45, 2.75) is 31.1 Å². The number of nitrogens with zero attached hydrogens (tertiary/aromatic N) is 2. The van der Waals surface area contributed by atoms with E-state index in [-0.39, 0.29) is 5.92 Å². The Labute approximate surface area is 138 Å². The van der Waals surface area contributed by atoms with Crippen LogP contribution in [0, 0.1) is 17.2 Å². The third-order valence-corrected chi connectivity index (χ3v) is 6.85. The van der Waals surface area contributed by atoms with Crippen molar-refractivity contribution in [3.05, 3.63) is 29.3 Å². The Hall–Kier alpha value is -1.42. The van der Waals surface area contributed by atoms with Gasteiger partial charge in [-0.1, -0.05) is 6.07 Å². The first-order chi connectivity index (χ1) is 11.0. The van der Waals surface area contributed by atoms with Gasteiger partial charge in [-0.15, -0.1) is 0 Å². The summed E-state index contributed by atoms with van der Waals surface area (Å²) in [5.41, 5.74) is 2.49. The van der Waals surface area contributed by atoms with E-state index in [4.69, 9.17) is 5.26 Å². The topological polar surface area (TPSA) is 65.6 Å². The van der Waals surface area contributed by atoms with Gasteiger partial charge in [-0.3, -0.25) is 0 Å². The van der Waals surface area contributed by atoms with E-state index in [0.717, 1.165) is 38.9 Å². The summed E-state index contributed by atoms with van der Waals surface area (Å²) < 4.78 is 27.3. The second-order valence-corrected chi connectivity index (χ2v) is 8.61. The lowest BCUT2D eigenvalue weighted by Crippen LogP contribution is -3.15. The molecule has 1 saturated heterocycles. The number of benzene rings is 1. The Kier molecular flexibility index (Phi) is 4.72. The maximum absolute atomic E-state index is 12.8. The van der Waals surface area contributed by atoms with Gasteiger partial charge in [-0.25, -0.2) is 8.42 Å². The van der Waals surface area contributed by atoms with Crippen LogP contribution >= 0.6 is 0 Å². The molecule has 0 bridgehead atoms. The number of quaternary nitrogens is 1. The van der Waals surface area contributed by atoms with Gasteiger partial charge in [0.1, 0.15) is 0 Å². The average molecular weight is 334 g/mol. The van der Waals surface area contributed by atoms with Crippen molar-refractivity contribution in [1.29, 1.82) is 5.26 Å². The van der Waals surface area contributed by atoms with Crippen LogP contribution in [0.1, 0.15) is 24.5 Å². The highest BCUT2D eigenvalue weighted by Gasteiger charge is 2.31. The van der Waals surface area contributed by atoms with E-state index >= 15 is 0 Å². The lowest BCUT2D eigenvalue weighted by Gasteiger charge is -2.32. The molecule has 0 radical (unpaired) electrons. The van der Waals surface area contributed by atoms with E-state index in [9.17, 15) is 8.42 Å². The molecule has 23 heavy (non-hydrogen) atoms. The summed E-state index contributed by atoms with van der Waals surface area (Å²) >= 11 is 0. The third-order valence-electron chi connectivity index (χ3n) is 4.95. The molecular weight excluding hydrogens is 310 g/mol. The SMILES string of the molecule is C[C@H](C#N)C[NH+]1CCN(S(=O)(=O)c2ccc3c(c2)CCC3)CC1. The Bertz CT molecular complexity index is 716. The maximum atomic E-state index is 12.8. The van der Waals surface area contributed by atoms with Crippen molar-refractivity contribution in [3.63, 3.8) is 0 Å². The van der Waals surface area contributed by atoms with Crippen LogP contribution in [0.5, 0.6) is 0 Å². The molecule has 0 saturated carbocycles. The first-order valence-electron chi connectivity index (χ1n) is 8.36. The molecule has 5 nitrogen and oxygen atoms in total. The van der Waals surface area contributed by atoms with Gasteiger partial charge in [0.2, 0.25) is 10.0 Å². The Morgan fingerprint density at radius 2 is 1.96 bits per heavy atom. The molecule has 0 unspecified atom stereocenters. The van der Waals surface area contributed by atoms with Gasteiger partial charge in [-0.2, -0.15) is 9.57 Å². The standard InChI is InChI=1S/C17H23N3O2S/c1-14(12-18)13-19-7-9-20(10-8-19)23(21,22)17-6-5-15-3-2-4-16(15)11-17/h5-6,11,14H,2-4,7-10,13H2,1H3/p+1/t14-/m1/s1. The highest BCUT2D eigenvalue weighted by atomic mass is 32.2. The van der Waals surface area contributed by atoms with E-state index in [1.165, 1.54) is 16.0 Å². The van der Waals surface area contributed by atoms with Crippen molar-refractivity contribution in [3.8, 4) is 6.07 Å². The predicted octanol–water partition coefficient (Wildman–Crippen LogP) is 0.224. The zero-order chi connectivity index (χ0) is 16.4. The molecular formula is C17H24N3O2S+. The number of hydrogen-bond donors (Lipinski definition) is 1. The molecule has 124 valence electrons. The van der Waals surface area contributed by atoms with Gasteiger partial charge in [0.05, 0.1) is 49.6 Å². The maximum Gasteiger partial charge on any atom is 0.243 e. The van der Waals surface area contributed by atoms with E-state index in [0.29, 0.717) is 18.0 Å². The van der Waals surface area contributed by atoms with Crippen molar-refractivity contribution in [2.75, 3.05) is 32.7 Å². The number of fused-ring (bicyclic) bond motifs is 1. The molecule has 0 aromatic heterocycles. The molecule has 1 heterocycles. The normalized spacial score (nSPS) is 20.9.